The van der Waals surface area contributed by atoms with Gasteiger partial charge < -0.3 is 21.1 Å². The molecule has 0 spiro atoms. The van der Waals surface area contributed by atoms with Gasteiger partial charge in [0, 0.05) is 0 Å². The van der Waals surface area contributed by atoms with Gasteiger partial charge in [-0.25, -0.2) is 0 Å². The van der Waals surface area contributed by atoms with Crippen LogP contribution in [0.5, 0.6) is 0 Å². The number of carbonyl (C=O) groups is 1. The van der Waals surface area contributed by atoms with Crippen molar-refractivity contribution in [2.75, 3.05) is 26.4 Å². The molecule has 0 aliphatic carbocycles. The highest BCUT2D eigenvalue weighted by atomic mass is 16.3. The van der Waals surface area contributed by atoms with Crippen molar-refractivity contribution in [3.63, 3.8) is 0 Å². The van der Waals surface area contributed by atoms with Gasteiger partial charge in [-0.3, -0.25) is 4.79 Å². The van der Waals surface area contributed by atoms with Crippen molar-refractivity contribution in [1.29, 1.82) is 0 Å². The van der Waals surface area contributed by atoms with Crippen LogP contribution in [0.3, 0.4) is 0 Å². The Hall–Kier alpha value is -0.490. The highest BCUT2D eigenvalue weighted by molar-refractivity contribution is 5.86. The van der Waals surface area contributed by atoms with E-state index in [1.165, 1.54) is 0 Å². The molecule has 5 heteroatoms. The molecule has 0 bridgehead atoms. The fraction of sp³-hybridized carbons (Fsp3) is 0.833. The number of rotatable bonds is 5. The number of hydrogen-bond donors (Lipinski definition) is 4. The number of aliphatic hydroxyl groups is 3. The lowest BCUT2D eigenvalue weighted by molar-refractivity contribution is -0.135. The monoisotopic (exact) mass is 163 g/mol. The molecule has 0 atom stereocenters. The molecule has 0 fully saturated rings. The van der Waals surface area contributed by atoms with E-state index in [1.807, 2.05) is 0 Å². The van der Waals surface area contributed by atoms with Gasteiger partial charge in [0.1, 0.15) is 0 Å². The third-order valence-electron chi connectivity index (χ3n) is 1.68. The highest BCUT2D eigenvalue weighted by Gasteiger charge is 2.35. The quantitative estimate of drug-likeness (QED) is 0.358. The topological polar surface area (TPSA) is 104 Å². The lowest BCUT2D eigenvalue weighted by atomic mass is 9.86. The summed E-state index contributed by atoms with van der Waals surface area (Å²) in [6.07, 6.45) is 0. The SMILES string of the molecule is NCC(=O)C(CO)(CO)CO. The summed E-state index contributed by atoms with van der Waals surface area (Å²) in [5, 5.41) is 26.0. The summed E-state index contributed by atoms with van der Waals surface area (Å²) >= 11 is 0. The summed E-state index contributed by atoms with van der Waals surface area (Å²) in [4.78, 5) is 10.9. The summed E-state index contributed by atoms with van der Waals surface area (Å²) in [5.41, 5.74) is 3.54. The maximum absolute atomic E-state index is 10.9. The van der Waals surface area contributed by atoms with E-state index in [1.54, 1.807) is 0 Å². The molecule has 66 valence electrons. The molecule has 0 rings (SSSR count). The van der Waals surface area contributed by atoms with E-state index in [-0.39, 0.29) is 6.54 Å². The maximum atomic E-state index is 10.9. The van der Waals surface area contributed by atoms with Gasteiger partial charge in [0.15, 0.2) is 5.78 Å². The Morgan fingerprint density at radius 3 is 1.64 bits per heavy atom. The van der Waals surface area contributed by atoms with Gasteiger partial charge in [-0.15, -0.1) is 0 Å². The van der Waals surface area contributed by atoms with Crippen LogP contribution in [0.15, 0.2) is 0 Å². The number of carbonyl (C=O) groups excluding carboxylic acids is 1. The molecular formula is C6H13NO4. The van der Waals surface area contributed by atoms with Crippen molar-refractivity contribution in [2.45, 2.75) is 0 Å². The maximum Gasteiger partial charge on any atom is 0.159 e. The van der Waals surface area contributed by atoms with E-state index in [4.69, 9.17) is 21.1 Å². The number of aliphatic hydroxyl groups excluding tert-OH is 3. The molecule has 0 unspecified atom stereocenters. The fourth-order valence-electron chi connectivity index (χ4n) is 0.631. The summed E-state index contributed by atoms with van der Waals surface area (Å²) in [5.74, 6) is -0.537. The van der Waals surface area contributed by atoms with Crippen molar-refractivity contribution in [2.24, 2.45) is 11.1 Å². The average Bonchev–Trinajstić information content (AvgIpc) is 2.08. The van der Waals surface area contributed by atoms with Gasteiger partial charge in [0.25, 0.3) is 0 Å². The lowest BCUT2D eigenvalue weighted by Crippen LogP contribution is -2.45. The lowest BCUT2D eigenvalue weighted by Gasteiger charge is -2.24. The molecule has 11 heavy (non-hydrogen) atoms. The molecule has 0 aliphatic rings. The van der Waals surface area contributed by atoms with Crippen LogP contribution >= 0.6 is 0 Å². The summed E-state index contributed by atoms with van der Waals surface area (Å²) in [6, 6.07) is 0. The van der Waals surface area contributed by atoms with Crippen LogP contribution in [0.1, 0.15) is 0 Å². The van der Waals surface area contributed by atoms with Crippen LogP contribution in [0, 0.1) is 5.41 Å². The summed E-state index contributed by atoms with van der Waals surface area (Å²) in [7, 11) is 0. The molecule has 0 saturated carbocycles. The molecule has 0 amide bonds. The Kier molecular flexibility index (Phi) is 4.20. The van der Waals surface area contributed by atoms with Crippen LogP contribution in [-0.4, -0.2) is 47.5 Å². The fourth-order valence-corrected chi connectivity index (χ4v) is 0.631. The van der Waals surface area contributed by atoms with Crippen molar-refractivity contribution in [3.05, 3.63) is 0 Å². The molecule has 0 aromatic heterocycles. The normalized spacial score (nSPS) is 11.6. The Morgan fingerprint density at radius 1 is 1.18 bits per heavy atom. The number of nitrogens with two attached hydrogens (primary N) is 1. The van der Waals surface area contributed by atoms with E-state index < -0.39 is 31.0 Å². The standard InChI is InChI=1S/C6H13NO4/c7-1-5(11)6(2-8,3-9)4-10/h8-10H,1-4,7H2. The van der Waals surface area contributed by atoms with Crippen LogP contribution < -0.4 is 5.73 Å². The minimum absolute atomic E-state index is 0.290. The first-order valence-corrected chi connectivity index (χ1v) is 3.23. The van der Waals surface area contributed by atoms with Crippen molar-refractivity contribution in [3.8, 4) is 0 Å². The summed E-state index contributed by atoms with van der Waals surface area (Å²) in [6.45, 7) is -2.05. The molecule has 5 nitrogen and oxygen atoms in total. The predicted molar refractivity (Wildman–Crippen MR) is 37.8 cm³/mol. The second-order valence-electron chi connectivity index (χ2n) is 2.38. The largest absolute Gasteiger partial charge is 0.395 e. The number of hydrogen-bond acceptors (Lipinski definition) is 5. The van der Waals surface area contributed by atoms with Gasteiger partial charge >= 0.3 is 0 Å². The van der Waals surface area contributed by atoms with E-state index >= 15 is 0 Å². The highest BCUT2D eigenvalue weighted by Crippen LogP contribution is 2.14. The van der Waals surface area contributed by atoms with Gasteiger partial charge in [-0.1, -0.05) is 0 Å². The molecule has 0 aliphatic heterocycles. The molecule has 5 N–H and O–H groups in total. The first kappa shape index (κ1) is 10.5. The van der Waals surface area contributed by atoms with Gasteiger partial charge in [0.05, 0.1) is 31.8 Å². The third-order valence-corrected chi connectivity index (χ3v) is 1.68. The Balaban J connectivity index is 4.39. The van der Waals surface area contributed by atoms with Crippen LogP contribution in [0.25, 0.3) is 0 Å². The minimum Gasteiger partial charge on any atom is -0.395 e. The Morgan fingerprint density at radius 2 is 1.55 bits per heavy atom. The minimum atomic E-state index is -1.46. The molecule has 0 saturated heterocycles. The van der Waals surface area contributed by atoms with Gasteiger partial charge in [0.2, 0.25) is 0 Å². The van der Waals surface area contributed by atoms with E-state index in [9.17, 15) is 4.79 Å². The second-order valence-corrected chi connectivity index (χ2v) is 2.38. The molecule has 0 aromatic rings. The zero-order valence-electron chi connectivity index (χ0n) is 6.16. The third kappa shape index (κ3) is 1.97. The zero-order valence-corrected chi connectivity index (χ0v) is 6.16. The van der Waals surface area contributed by atoms with Crippen molar-refractivity contribution >= 4 is 5.78 Å². The first-order valence-electron chi connectivity index (χ1n) is 3.23. The Bertz CT molecular complexity index is 124. The second kappa shape index (κ2) is 4.40. The number of Topliss-reactive ketones (excluding diaryl/α,β-unsaturated/α-hetero) is 1. The van der Waals surface area contributed by atoms with Crippen molar-refractivity contribution < 1.29 is 20.1 Å². The van der Waals surface area contributed by atoms with E-state index in [0.29, 0.717) is 0 Å². The van der Waals surface area contributed by atoms with Gasteiger partial charge in [-0.2, -0.15) is 0 Å². The molecule has 0 heterocycles. The van der Waals surface area contributed by atoms with E-state index in [0.717, 1.165) is 0 Å². The summed E-state index contributed by atoms with van der Waals surface area (Å²) < 4.78 is 0. The predicted octanol–water partition coefficient (Wildman–Crippen LogP) is -2.52. The van der Waals surface area contributed by atoms with Crippen LogP contribution in [0.2, 0.25) is 0 Å². The van der Waals surface area contributed by atoms with Crippen LogP contribution in [0.4, 0.5) is 0 Å². The number of ketones is 1. The molecule has 0 radical (unpaired) electrons. The van der Waals surface area contributed by atoms with Crippen LogP contribution in [-0.2, 0) is 4.79 Å². The molecular weight excluding hydrogens is 150 g/mol. The van der Waals surface area contributed by atoms with Gasteiger partial charge in [-0.05, 0) is 0 Å². The first-order chi connectivity index (χ1) is 5.16. The molecule has 0 aromatic carbocycles. The zero-order chi connectivity index (χ0) is 8.91. The average molecular weight is 163 g/mol. The Labute approximate surface area is 64.4 Å². The van der Waals surface area contributed by atoms with E-state index in [2.05, 4.69) is 0 Å². The van der Waals surface area contributed by atoms with Crippen molar-refractivity contribution in [1.82, 2.24) is 0 Å². The smallest absolute Gasteiger partial charge is 0.159 e.